The molecular formula is C25H28ClN5O2S. The molecule has 7 nitrogen and oxygen atoms in total. The van der Waals surface area contributed by atoms with Crippen LogP contribution in [0.1, 0.15) is 28.1 Å². The van der Waals surface area contributed by atoms with Crippen molar-refractivity contribution in [1.29, 1.82) is 0 Å². The van der Waals surface area contributed by atoms with Gasteiger partial charge in [0.25, 0.3) is 0 Å². The van der Waals surface area contributed by atoms with Gasteiger partial charge in [0.05, 0.1) is 12.2 Å². The quantitative estimate of drug-likeness (QED) is 0.311. The van der Waals surface area contributed by atoms with Gasteiger partial charge in [-0.3, -0.25) is 9.59 Å². The van der Waals surface area contributed by atoms with E-state index >= 15 is 0 Å². The molecule has 0 aliphatic carbocycles. The Morgan fingerprint density at radius 2 is 1.74 bits per heavy atom. The lowest BCUT2D eigenvalue weighted by Gasteiger charge is -2.13. The number of nitrogens with one attached hydrogen (secondary N) is 2. The first-order valence-electron chi connectivity index (χ1n) is 10.8. The molecule has 0 aliphatic heterocycles. The van der Waals surface area contributed by atoms with Crippen LogP contribution in [-0.2, 0) is 22.6 Å². The fraction of sp³-hybridized carbons (Fsp3) is 0.280. The average molecular weight is 498 g/mol. The highest BCUT2D eigenvalue weighted by molar-refractivity contribution is 7.99. The molecule has 0 unspecified atom stereocenters. The number of allylic oxidation sites excluding steroid dienone is 1. The zero-order valence-electron chi connectivity index (χ0n) is 19.7. The van der Waals surface area contributed by atoms with Gasteiger partial charge >= 0.3 is 0 Å². The van der Waals surface area contributed by atoms with Crippen molar-refractivity contribution in [3.63, 3.8) is 0 Å². The van der Waals surface area contributed by atoms with Crippen molar-refractivity contribution in [2.24, 2.45) is 0 Å². The lowest BCUT2D eigenvalue weighted by molar-refractivity contribution is -0.116. The number of anilines is 2. The lowest BCUT2D eigenvalue weighted by Crippen LogP contribution is -2.18. The van der Waals surface area contributed by atoms with Gasteiger partial charge in [-0.15, -0.1) is 16.8 Å². The second-order valence-electron chi connectivity index (χ2n) is 8.10. The number of aryl methyl sites for hydroxylation is 4. The highest BCUT2D eigenvalue weighted by Crippen LogP contribution is 2.24. The molecule has 0 spiro atoms. The molecule has 1 aromatic heterocycles. The molecule has 0 saturated carbocycles. The first-order valence-corrected chi connectivity index (χ1v) is 12.1. The molecule has 3 rings (SSSR count). The van der Waals surface area contributed by atoms with Crippen LogP contribution in [0.4, 0.5) is 11.4 Å². The first-order chi connectivity index (χ1) is 16.2. The first kappa shape index (κ1) is 25.5. The van der Waals surface area contributed by atoms with Gasteiger partial charge in [-0.1, -0.05) is 53.2 Å². The molecule has 1 heterocycles. The molecule has 34 heavy (non-hydrogen) atoms. The second-order valence-corrected chi connectivity index (χ2v) is 9.45. The maximum absolute atomic E-state index is 12.6. The summed E-state index contributed by atoms with van der Waals surface area (Å²) in [5.41, 5.74) is 5.58. The summed E-state index contributed by atoms with van der Waals surface area (Å²) in [6, 6.07) is 9.43. The molecule has 0 atom stereocenters. The molecule has 2 aromatic carbocycles. The number of thioether (sulfide) groups is 1. The largest absolute Gasteiger partial charge is 0.326 e. The van der Waals surface area contributed by atoms with E-state index in [4.69, 9.17) is 11.6 Å². The van der Waals surface area contributed by atoms with Crippen LogP contribution in [0.5, 0.6) is 0 Å². The number of hydrogen-bond donors (Lipinski definition) is 2. The number of hydrogen-bond acceptors (Lipinski definition) is 5. The maximum Gasteiger partial charge on any atom is 0.234 e. The highest BCUT2D eigenvalue weighted by atomic mass is 35.5. The van der Waals surface area contributed by atoms with E-state index in [9.17, 15) is 9.59 Å². The van der Waals surface area contributed by atoms with Crippen LogP contribution < -0.4 is 10.6 Å². The van der Waals surface area contributed by atoms with Crippen molar-refractivity contribution in [3.05, 3.63) is 76.1 Å². The van der Waals surface area contributed by atoms with E-state index in [1.165, 1.54) is 11.8 Å². The standard InChI is InChI=1S/C25H28ClN5O2S/c1-6-9-31-21(13-22(32)27-19-8-7-16(3)20(26)12-19)29-30-25(31)34-14-23(33)28-24-17(4)10-15(2)11-18(24)5/h6-8,10-12H,1,9,13-14H2,2-5H3,(H,27,32)(H,28,33). The van der Waals surface area contributed by atoms with Crippen molar-refractivity contribution in [2.45, 2.75) is 45.8 Å². The van der Waals surface area contributed by atoms with E-state index in [1.54, 1.807) is 22.8 Å². The van der Waals surface area contributed by atoms with E-state index in [2.05, 4.69) is 27.4 Å². The average Bonchev–Trinajstić information content (AvgIpc) is 3.13. The number of nitrogens with zero attached hydrogens (tertiary/aromatic N) is 3. The summed E-state index contributed by atoms with van der Waals surface area (Å²) >= 11 is 7.40. The lowest BCUT2D eigenvalue weighted by atomic mass is 10.1. The minimum Gasteiger partial charge on any atom is -0.326 e. The van der Waals surface area contributed by atoms with Crippen molar-refractivity contribution in [3.8, 4) is 0 Å². The Kier molecular flexibility index (Phi) is 8.52. The number of benzene rings is 2. The van der Waals surface area contributed by atoms with Crippen molar-refractivity contribution < 1.29 is 9.59 Å². The minimum atomic E-state index is -0.239. The Hall–Kier alpha value is -3.10. The Bertz CT molecular complexity index is 1220. The van der Waals surface area contributed by atoms with Gasteiger partial charge in [0.1, 0.15) is 5.82 Å². The fourth-order valence-corrected chi connectivity index (χ4v) is 4.52. The predicted octanol–water partition coefficient (Wildman–Crippen LogP) is 5.26. The summed E-state index contributed by atoms with van der Waals surface area (Å²) in [6.45, 7) is 12.1. The van der Waals surface area contributed by atoms with Crippen LogP contribution in [0.2, 0.25) is 5.02 Å². The molecule has 0 fully saturated rings. The maximum atomic E-state index is 12.6. The summed E-state index contributed by atoms with van der Waals surface area (Å²) in [5.74, 6) is 0.278. The van der Waals surface area contributed by atoms with E-state index in [1.807, 2.05) is 45.9 Å². The van der Waals surface area contributed by atoms with Crippen LogP contribution in [0.15, 0.2) is 48.1 Å². The molecular weight excluding hydrogens is 470 g/mol. The molecule has 0 aliphatic rings. The number of carbonyl (C=O) groups excluding carboxylic acids is 2. The molecule has 2 N–H and O–H groups in total. The summed E-state index contributed by atoms with van der Waals surface area (Å²) in [5, 5.41) is 15.3. The number of rotatable bonds is 9. The number of halogens is 1. The Morgan fingerprint density at radius 1 is 1.03 bits per heavy atom. The number of amides is 2. The van der Waals surface area contributed by atoms with Crippen LogP contribution in [-0.4, -0.2) is 32.3 Å². The van der Waals surface area contributed by atoms with Gasteiger partial charge in [0.15, 0.2) is 5.16 Å². The van der Waals surface area contributed by atoms with Crippen LogP contribution in [0, 0.1) is 27.7 Å². The predicted molar refractivity (Wildman–Crippen MR) is 139 cm³/mol. The minimum absolute atomic E-state index is 0.0286. The molecule has 0 bridgehead atoms. The highest BCUT2D eigenvalue weighted by Gasteiger charge is 2.17. The molecule has 0 radical (unpaired) electrons. The summed E-state index contributed by atoms with van der Waals surface area (Å²) in [7, 11) is 0. The van der Waals surface area contributed by atoms with Gasteiger partial charge in [-0.25, -0.2) is 0 Å². The fourth-order valence-electron chi connectivity index (χ4n) is 3.57. The second kappa shape index (κ2) is 11.4. The van der Waals surface area contributed by atoms with Crippen LogP contribution in [0.3, 0.4) is 0 Å². The third-order valence-electron chi connectivity index (χ3n) is 5.15. The van der Waals surface area contributed by atoms with Crippen LogP contribution in [0.25, 0.3) is 0 Å². The zero-order valence-corrected chi connectivity index (χ0v) is 21.3. The Balaban J connectivity index is 1.65. The van der Waals surface area contributed by atoms with E-state index in [0.29, 0.717) is 28.2 Å². The third kappa shape index (κ3) is 6.48. The third-order valence-corrected chi connectivity index (χ3v) is 6.53. The zero-order chi connectivity index (χ0) is 24.8. The van der Waals surface area contributed by atoms with Gasteiger partial charge in [-0.05, 0) is 56.5 Å². The number of aromatic nitrogens is 3. The summed E-state index contributed by atoms with van der Waals surface area (Å²) in [6.07, 6.45) is 1.73. The smallest absolute Gasteiger partial charge is 0.234 e. The van der Waals surface area contributed by atoms with E-state index < -0.39 is 0 Å². The SMILES string of the molecule is C=CCn1c(CC(=O)Nc2ccc(C)c(Cl)c2)nnc1SCC(=O)Nc1c(C)cc(C)cc1C. The van der Waals surface area contributed by atoms with E-state index in [0.717, 1.165) is 27.9 Å². The normalized spacial score (nSPS) is 10.7. The molecule has 2 amide bonds. The molecule has 178 valence electrons. The van der Waals surface area contributed by atoms with Crippen molar-refractivity contribution in [1.82, 2.24) is 14.8 Å². The van der Waals surface area contributed by atoms with E-state index in [-0.39, 0.29) is 24.0 Å². The molecule has 0 saturated heterocycles. The van der Waals surface area contributed by atoms with Gasteiger partial charge < -0.3 is 15.2 Å². The van der Waals surface area contributed by atoms with Gasteiger partial charge in [-0.2, -0.15) is 0 Å². The summed E-state index contributed by atoms with van der Waals surface area (Å²) in [4.78, 5) is 25.2. The van der Waals surface area contributed by atoms with Gasteiger partial charge in [0.2, 0.25) is 11.8 Å². The Morgan fingerprint density at radius 3 is 2.38 bits per heavy atom. The monoisotopic (exact) mass is 497 g/mol. The molecule has 9 heteroatoms. The van der Waals surface area contributed by atoms with Crippen molar-refractivity contribution in [2.75, 3.05) is 16.4 Å². The van der Waals surface area contributed by atoms with Gasteiger partial charge in [0, 0.05) is 22.9 Å². The number of carbonyl (C=O) groups is 2. The van der Waals surface area contributed by atoms with Crippen molar-refractivity contribution >= 4 is 46.6 Å². The Labute approximate surface area is 209 Å². The van der Waals surface area contributed by atoms with Crippen LogP contribution >= 0.6 is 23.4 Å². The molecule has 3 aromatic rings. The summed E-state index contributed by atoms with van der Waals surface area (Å²) < 4.78 is 1.79. The topological polar surface area (TPSA) is 88.9 Å².